The maximum atomic E-state index is 14.5. The van der Waals surface area contributed by atoms with Gasteiger partial charge < -0.3 is 50.1 Å². The van der Waals surface area contributed by atoms with E-state index in [4.69, 9.17) is 40.6 Å². The number of amidine groups is 1. The lowest BCUT2D eigenvalue weighted by Crippen LogP contribution is -2.60. The quantitative estimate of drug-likeness (QED) is 0.0139. The molecule has 0 saturated carbocycles. The van der Waals surface area contributed by atoms with Crippen molar-refractivity contribution in [3.63, 3.8) is 0 Å². The highest BCUT2D eigenvalue weighted by atomic mass is 32.2. The Morgan fingerprint density at radius 3 is 1.14 bits per heavy atom. The minimum Gasteiger partial charge on any atom is -0.451 e. The van der Waals surface area contributed by atoms with Gasteiger partial charge in [0.1, 0.15) is 28.5 Å². The summed E-state index contributed by atoms with van der Waals surface area (Å²) in [6.07, 6.45) is -0.485. The highest BCUT2D eigenvalue weighted by molar-refractivity contribution is 7.94. The van der Waals surface area contributed by atoms with Gasteiger partial charge >= 0.3 is 30.2 Å². The van der Waals surface area contributed by atoms with Crippen LogP contribution in [-0.2, 0) is 75.7 Å². The molecule has 6 aromatic carbocycles. The fourth-order valence-electron chi connectivity index (χ4n) is 12.6. The number of hydrogen-bond donors (Lipinski definition) is 4. The first kappa shape index (κ1) is 70.6. The summed E-state index contributed by atoms with van der Waals surface area (Å²) >= 11 is 0. The van der Waals surface area contributed by atoms with Crippen LogP contribution in [0.4, 0.5) is 14.4 Å². The van der Waals surface area contributed by atoms with Gasteiger partial charge in [0.25, 0.3) is 11.8 Å². The van der Waals surface area contributed by atoms with Crippen LogP contribution in [-0.4, -0.2) is 140 Å². The molecular formula is C74H68N8O17S2. The van der Waals surface area contributed by atoms with Gasteiger partial charge in [0, 0.05) is 12.4 Å². The number of nitrogens with zero attached hydrogens (tertiary/aromatic N) is 5. The zero-order valence-corrected chi connectivity index (χ0v) is 56.1. The maximum Gasteiger partial charge on any atom is 0.416 e. The normalized spacial score (nSPS) is 21.3. The molecule has 5 amide bonds. The summed E-state index contributed by atoms with van der Waals surface area (Å²) in [7, 11) is -8.89. The molecule has 0 radical (unpaired) electrons. The number of nitrogens with one attached hydrogen (secondary N) is 1. The van der Waals surface area contributed by atoms with Crippen molar-refractivity contribution in [3.8, 4) is 0 Å². The van der Waals surface area contributed by atoms with Crippen LogP contribution in [0.3, 0.4) is 0 Å². The van der Waals surface area contributed by atoms with Crippen molar-refractivity contribution in [3.05, 3.63) is 286 Å². The lowest BCUT2D eigenvalue weighted by Gasteiger charge is -2.39. The Hall–Kier alpha value is -11.7. The summed E-state index contributed by atoms with van der Waals surface area (Å²) in [5.41, 5.74) is 15.5. The molecule has 0 bridgehead atoms. The average molecular weight is 1410 g/mol. The van der Waals surface area contributed by atoms with Gasteiger partial charge in [-0.15, -0.1) is 0 Å². The van der Waals surface area contributed by atoms with Gasteiger partial charge in [0.05, 0.1) is 35.7 Å². The summed E-state index contributed by atoms with van der Waals surface area (Å²) < 4.78 is 80.6. The number of esters is 2. The van der Waals surface area contributed by atoms with Crippen LogP contribution in [0.5, 0.6) is 0 Å². The third-order valence-electron chi connectivity index (χ3n) is 17.8. The summed E-state index contributed by atoms with van der Waals surface area (Å²) in [6, 6.07) is 56.7. The van der Waals surface area contributed by atoms with E-state index in [1.807, 2.05) is 60.7 Å². The van der Waals surface area contributed by atoms with E-state index in [0.717, 1.165) is 25.8 Å². The van der Waals surface area contributed by atoms with E-state index >= 15 is 0 Å². The smallest absolute Gasteiger partial charge is 0.416 e. The third kappa shape index (κ3) is 14.1. The Labute approximate surface area is 580 Å². The van der Waals surface area contributed by atoms with Crippen molar-refractivity contribution in [2.24, 2.45) is 11.5 Å². The number of sulfone groups is 2. The number of hydrogen-bond acceptors (Lipinski definition) is 20. The molecule has 12 rings (SSSR count). The second-order valence-electron chi connectivity index (χ2n) is 24.4. The number of β-lactam (4-membered cyclic amide) rings is 2. The summed E-state index contributed by atoms with van der Waals surface area (Å²) in [5, 5.41) is 14.7. The molecule has 101 heavy (non-hydrogen) atoms. The van der Waals surface area contributed by atoms with Crippen LogP contribution >= 0.6 is 0 Å². The number of rotatable bonds is 20. The van der Waals surface area contributed by atoms with Crippen LogP contribution in [0.25, 0.3) is 12.2 Å². The summed E-state index contributed by atoms with van der Waals surface area (Å²) in [6.45, 7) is 1.87. The average Bonchev–Trinajstić information content (AvgIpc) is 1.52. The minimum absolute atomic E-state index is 0.101. The standard InChI is InChI=1S/C45H41N5O9S.C29H27N3O8S/c1-29(46)49(44(54)59-38(33-19-11-5-12-20-33)34-21-13-6-14-22-34)27-30-23-24-48-35(25-30)26-36-40(51)50-39(45(2,28-57-43(47)53)60(55,56)41(36)50)42(52)58-37(31-15-7-3-8-16-31)32-17-9-4-10-18-32;1-29(17-39-28(30)36)24(27(35)40-23(19-8-4-2-5-9-19)20-10-6-3-7-11-20)32-25(34)22(26(32)41(29,37)38)15-21-14-18(16-33)12-13-31-21/h3-26,37-39,41,46H,27-28H2,1-2H3,(H2,47,53);2-15,23-24,26,33H,16-17H2,1H3,(H2,30,36)/b36-26-,46-29?;22-15-/t39-,41+,45-;24-,26+,29-/m00/s1. The molecule has 8 aromatic rings. The molecule has 6 N–H and O–H groups in total. The number of carbonyl (C=O) groups excluding carboxylic acids is 7. The Morgan fingerprint density at radius 2 is 0.832 bits per heavy atom. The molecule has 27 heteroatoms. The van der Waals surface area contributed by atoms with Crippen LogP contribution in [0.2, 0.25) is 0 Å². The van der Waals surface area contributed by atoms with Crippen molar-refractivity contribution in [2.45, 2.75) is 84.6 Å². The van der Waals surface area contributed by atoms with Gasteiger partial charge in [-0.05, 0) is 102 Å². The molecule has 4 fully saturated rings. The molecular weight excluding hydrogens is 1340 g/mol. The Morgan fingerprint density at radius 1 is 0.525 bits per heavy atom. The van der Waals surface area contributed by atoms with Gasteiger partial charge in [-0.3, -0.25) is 29.9 Å². The molecule has 4 aliphatic heterocycles. The summed E-state index contributed by atoms with van der Waals surface area (Å²) in [5.74, 6) is -3.61. The van der Waals surface area contributed by atoms with Crippen molar-refractivity contribution in [1.29, 1.82) is 5.41 Å². The number of aromatic nitrogens is 2. The summed E-state index contributed by atoms with van der Waals surface area (Å²) in [4.78, 5) is 104. The number of fused-ring (bicyclic) bond motifs is 2. The van der Waals surface area contributed by atoms with Gasteiger partial charge in [-0.25, -0.2) is 40.8 Å². The van der Waals surface area contributed by atoms with Gasteiger partial charge in [-0.2, -0.15) is 0 Å². The lowest BCUT2D eigenvalue weighted by molar-refractivity contribution is -0.161. The number of pyridine rings is 2. The topological polar surface area (TPSA) is 366 Å². The largest absolute Gasteiger partial charge is 0.451 e. The number of carbonyl (C=O) groups is 7. The molecule has 4 saturated heterocycles. The number of benzene rings is 6. The fourth-order valence-corrected chi connectivity index (χ4v) is 17.2. The SMILES string of the molecule is CC(=N)N(Cc1ccnc(/C=C2/C(=O)N3[C@@H](C(=O)OC(c4ccccc4)c4ccccc4)[C@](C)(COC(N)=O)S(=O)(=O)[C@H]23)c1)C(=O)OC(c1ccccc1)c1ccccc1.C[C@]1(COC(N)=O)[C@H](C(=O)OC(c2ccccc2)c2ccccc2)N2C(=O)/C(=C/c3cc(CO)ccn3)[C@H]2S1(=O)=O. The molecule has 25 nitrogen and oxygen atoms in total. The molecule has 2 aromatic heterocycles. The van der Waals surface area contributed by atoms with Crippen LogP contribution in [0.1, 0.15) is 95.0 Å². The van der Waals surface area contributed by atoms with Crippen LogP contribution in [0, 0.1) is 5.41 Å². The molecule has 0 spiro atoms. The first-order valence-electron chi connectivity index (χ1n) is 31.5. The monoisotopic (exact) mass is 1400 g/mol. The number of amides is 5. The molecule has 6 atom stereocenters. The van der Waals surface area contributed by atoms with E-state index in [1.54, 1.807) is 140 Å². The molecule has 0 unspecified atom stereocenters. The molecule has 6 heterocycles. The van der Waals surface area contributed by atoms with E-state index in [1.165, 1.54) is 51.4 Å². The Kier molecular flexibility index (Phi) is 20.6. The van der Waals surface area contributed by atoms with Gasteiger partial charge in [-0.1, -0.05) is 182 Å². The minimum atomic E-state index is -4.52. The molecule has 0 aliphatic carbocycles. The third-order valence-corrected chi connectivity index (χ3v) is 23.2. The second kappa shape index (κ2) is 29.4. The lowest BCUT2D eigenvalue weighted by atomic mass is 9.93. The second-order valence-corrected chi connectivity index (χ2v) is 29.4. The zero-order chi connectivity index (χ0) is 72.0. The first-order chi connectivity index (χ1) is 48.4. The first-order valence-corrected chi connectivity index (χ1v) is 34.6. The number of ether oxygens (including phenoxy) is 5. The maximum absolute atomic E-state index is 14.5. The van der Waals surface area contributed by atoms with Gasteiger partial charge in [0.2, 0.25) is 0 Å². The number of primary amides is 2. The van der Waals surface area contributed by atoms with Crippen molar-refractivity contribution >= 4 is 79.7 Å². The van der Waals surface area contributed by atoms with Crippen molar-refractivity contribution in [1.82, 2.24) is 24.7 Å². The van der Waals surface area contributed by atoms with E-state index < -0.39 is 126 Å². The van der Waals surface area contributed by atoms with Crippen molar-refractivity contribution < 1.29 is 79.2 Å². The number of nitrogens with two attached hydrogens (primary N) is 2. The molecule has 518 valence electrons. The van der Waals surface area contributed by atoms with E-state index in [-0.39, 0.29) is 41.5 Å². The number of aliphatic hydroxyl groups excluding tert-OH is 1. The fraction of sp³-hybridized carbons (Fsp3) is 0.216. The Bertz CT molecular complexity index is 4660. The number of aliphatic hydroxyl groups is 1. The van der Waals surface area contributed by atoms with E-state index in [2.05, 4.69) is 9.97 Å². The Balaban J connectivity index is 0.000000218. The van der Waals surface area contributed by atoms with E-state index in [0.29, 0.717) is 33.4 Å². The highest BCUT2D eigenvalue weighted by Crippen LogP contribution is 2.52. The predicted octanol–water partition coefficient (Wildman–Crippen LogP) is 8.45. The predicted molar refractivity (Wildman–Crippen MR) is 367 cm³/mol. The van der Waals surface area contributed by atoms with Crippen LogP contribution < -0.4 is 11.5 Å². The van der Waals surface area contributed by atoms with Crippen molar-refractivity contribution in [2.75, 3.05) is 13.2 Å². The van der Waals surface area contributed by atoms with E-state index in [9.17, 15) is 55.5 Å². The zero-order valence-electron chi connectivity index (χ0n) is 54.5. The highest BCUT2D eigenvalue weighted by Gasteiger charge is 2.74. The molecule has 4 aliphatic rings. The van der Waals surface area contributed by atoms with Gasteiger partial charge in [0.15, 0.2) is 60.8 Å². The van der Waals surface area contributed by atoms with Crippen LogP contribution in [0.15, 0.2) is 230 Å².